The summed E-state index contributed by atoms with van der Waals surface area (Å²) in [7, 11) is 0. The highest BCUT2D eigenvalue weighted by molar-refractivity contribution is 5.94. The number of hydrogen-bond donors (Lipinski definition) is 1. The van der Waals surface area contributed by atoms with Gasteiger partial charge >= 0.3 is 0 Å². The van der Waals surface area contributed by atoms with Crippen molar-refractivity contribution in [2.45, 2.75) is 20.1 Å². The Bertz CT molecular complexity index is 1110. The molecule has 0 saturated carbocycles. The lowest BCUT2D eigenvalue weighted by Gasteiger charge is -2.08. The van der Waals surface area contributed by atoms with Crippen molar-refractivity contribution >= 4 is 11.6 Å². The van der Waals surface area contributed by atoms with Crippen LogP contribution in [0.15, 0.2) is 73.3 Å². The van der Waals surface area contributed by atoms with E-state index in [-0.39, 0.29) is 5.91 Å². The molecular formula is C22H20N4O2. The number of aromatic nitrogens is 3. The number of amides is 1. The number of rotatable bonds is 6. The number of nitrogens with zero attached hydrogens (tertiary/aromatic N) is 3. The maximum atomic E-state index is 12.4. The van der Waals surface area contributed by atoms with E-state index >= 15 is 0 Å². The van der Waals surface area contributed by atoms with Crippen molar-refractivity contribution in [2.24, 2.45) is 0 Å². The molecule has 0 spiro atoms. The predicted molar refractivity (Wildman–Crippen MR) is 106 cm³/mol. The van der Waals surface area contributed by atoms with Gasteiger partial charge in [0.2, 0.25) is 0 Å². The second-order valence-corrected chi connectivity index (χ2v) is 6.56. The fourth-order valence-corrected chi connectivity index (χ4v) is 2.90. The lowest BCUT2D eigenvalue weighted by atomic mass is 10.2. The molecule has 0 aliphatic rings. The van der Waals surface area contributed by atoms with E-state index in [1.807, 2.05) is 54.0 Å². The summed E-state index contributed by atoms with van der Waals surface area (Å²) in [6.45, 7) is 2.81. The summed E-state index contributed by atoms with van der Waals surface area (Å²) in [6, 6.07) is 14.9. The Kier molecular flexibility index (Phi) is 5.01. The van der Waals surface area contributed by atoms with Gasteiger partial charge in [-0.1, -0.05) is 18.2 Å². The lowest BCUT2D eigenvalue weighted by molar-refractivity contribution is 0.0950. The maximum Gasteiger partial charge on any atom is 0.251 e. The van der Waals surface area contributed by atoms with Crippen molar-refractivity contribution in [3.05, 3.63) is 95.7 Å². The number of aryl methyl sites for hydroxylation is 1. The first-order valence-electron chi connectivity index (χ1n) is 9.01. The van der Waals surface area contributed by atoms with E-state index in [1.165, 1.54) is 5.56 Å². The number of benzene rings is 1. The van der Waals surface area contributed by atoms with Crippen LogP contribution in [0.3, 0.4) is 0 Å². The molecule has 3 aromatic heterocycles. The number of carbonyl (C=O) groups is 1. The third kappa shape index (κ3) is 4.17. The number of imidazole rings is 1. The molecule has 4 rings (SSSR count). The predicted octanol–water partition coefficient (Wildman–Crippen LogP) is 3.55. The van der Waals surface area contributed by atoms with E-state index in [1.54, 1.807) is 30.6 Å². The highest BCUT2D eigenvalue weighted by Gasteiger charge is 2.08. The van der Waals surface area contributed by atoms with Crippen LogP contribution in [-0.4, -0.2) is 20.3 Å². The maximum absolute atomic E-state index is 12.4. The summed E-state index contributed by atoms with van der Waals surface area (Å²) < 4.78 is 7.82. The number of hydrogen-bond acceptors (Lipinski definition) is 4. The normalized spacial score (nSPS) is 10.8. The summed E-state index contributed by atoms with van der Waals surface area (Å²) in [5.41, 5.74) is 4.38. The Balaban J connectivity index is 1.39. The first-order chi connectivity index (χ1) is 13.7. The van der Waals surface area contributed by atoms with Crippen LogP contribution in [0.2, 0.25) is 0 Å². The van der Waals surface area contributed by atoms with E-state index in [0.717, 1.165) is 16.9 Å². The molecule has 1 aromatic carbocycles. The molecule has 28 heavy (non-hydrogen) atoms. The SMILES string of the molecule is Cc1ccc2nc(COc3cccc(C(=O)NCc4cccnc4)c3)cn2c1. The number of nitrogens with one attached hydrogen (secondary N) is 1. The lowest BCUT2D eigenvalue weighted by Crippen LogP contribution is -2.22. The van der Waals surface area contributed by atoms with Crippen LogP contribution in [0, 0.1) is 6.92 Å². The van der Waals surface area contributed by atoms with Gasteiger partial charge in [0.15, 0.2) is 0 Å². The summed E-state index contributed by atoms with van der Waals surface area (Å²) in [6.07, 6.45) is 7.42. The van der Waals surface area contributed by atoms with Crippen molar-refractivity contribution in [2.75, 3.05) is 0 Å². The van der Waals surface area contributed by atoms with Crippen LogP contribution in [-0.2, 0) is 13.2 Å². The van der Waals surface area contributed by atoms with E-state index in [9.17, 15) is 4.79 Å². The Hall–Kier alpha value is -3.67. The summed E-state index contributed by atoms with van der Waals surface area (Å²) >= 11 is 0. The van der Waals surface area contributed by atoms with Gasteiger partial charge in [-0.2, -0.15) is 0 Å². The fourth-order valence-electron chi connectivity index (χ4n) is 2.90. The van der Waals surface area contributed by atoms with E-state index in [0.29, 0.717) is 24.5 Å². The molecule has 0 atom stereocenters. The molecule has 0 aliphatic carbocycles. The van der Waals surface area contributed by atoms with Crippen LogP contribution in [0.25, 0.3) is 5.65 Å². The smallest absolute Gasteiger partial charge is 0.251 e. The average molecular weight is 372 g/mol. The summed E-state index contributed by atoms with van der Waals surface area (Å²) in [5.74, 6) is 0.472. The Morgan fingerprint density at radius 1 is 1.14 bits per heavy atom. The van der Waals surface area contributed by atoms with Crippen molar-refractivity contribution in [3.8, 4) is 5.75 Å². The van der Waals surface area contributed by atoms with Crippen molar-refractivity contribution in [3.63, 3.8) is 0 Å². The van der Waals surface area contributed by atoms with Crippen molar-refractivity contribution in [1.82, 2.24) is 19.7 Å². The zero-order valence-corrected chi connectivity index (χ0v) is 15.5. The molecule has 0 aliphatic heterocycles. The minimum atomic E-state index is -0.155. The first kappa shape index (κ1) is 17.7. The topological polar surface area (TPSA) is 68.5 Å². The monoisotopic (exact) mass is 372 g/mol. The van der Waals surface area contributed by atoms with Gasteiger partial charge in [0.05, 0.1) is 5.69 Å². The van der Waals surface area contributed by atoms with Gasteiger partial charge < -0.3 is 14.5 Å². The molecule has 1 amide bonds. The third-order valence-corrected chi connectivity index (χ3v) is 4.31. The highest BCUT2D eigenvalue weighted by Crippen LogP contribution is 2.16. The van der Waals surface area contributed by atoms with Crippen molar-refractivity contribution in [1.29, 1.82) is 0 Å². The number of fused-ring (bicyclic) bond motifs is 1. The molecule has 3 heterocycles. The van der Waals surface area contributed by atoms with Gasteiger partial charge in [0, 0.05) is 36.9 Å². The van der Waals surface area contributed by atoms with E-state index < -0.39 is 0 Å². The Morgan fingerprint density at radius 3 is 2.93 bits per heavy atom. The molecule has 140 valence electrons. The standard InChI is InChI=1S/C22H20N4O2/c1-16-7-8-21-25-19(14-26(21)13-16)15-28-20-6-2-5-18(10-20)22(27)24-12-17-4-3-9-23-11-17/h2-11,13-14H,12,15H2,1H3,(H,24,27). The third-order valence-electron chi connectivity index (χ3n) is 4.31. The molecule has 0 unspecified atom stereocenters. The number of carbonyl (C=O) groups excluding carboxylic acids is 1. The largest absolute Gasteiger partial charge is 0.487 e. The van der Waals surface area contributed by atoms with Gasteiger partial charge in [0.25, 0.3) is 5.91 Å². The van der Waals surface area contributed by atoms with Crippen LogP contribution >= 0.6 is 0 Å². The molecule has 6 nitrogen and oxygen atoms in total. The van der Waals surface area contributed by atoms with Gasteiger partial charge in [-0.3, -0.25) is 9.78 Å². The number of pyridine rings is 2. The number of ether oxygens (including phenoxy) is 1. The Morgan fingerprint density at radius 2 is 2.07 bits per heavy atom. The average Bonchev–Trinajstić information content (AvgIpc) is 3.13. The zero-order valence-electron chi connectivity index (χ0n) is 15.5. The minimum Gasteiger partial charge on any atom is -0.487 e. The zero-order chi connectivity index (χ0) is 19.3. The molecule has 0 radical (unpaired) electrons. The van der Waals surface area contributed by atoms with Crippen LogP contribution < -0.4 is 10.1 Å². The molecular weight excluding hydrogens is 352 g/mol. The van der Waals surface area contributed by atoms with Crippen molar-refractivity contribution < 1.29 is 9.53 Å². The van der Waals surface area contributed by atoms with E-state index in [2.05, 4.69) is 15.3 Å². The summed E-state index contributed by atoms with van der Waals surface area (Å²) in [5, 5.41) is 2.89. The van der Waals surface area contributed by atoms with Crippen LogP contribution in [0.4, 0.5) is 0 Å². The van der Waals surface area contributed by atoms with Gasteiger partial charge in [-0.15, -0.1) is 0 Å². The molecule has 0 bridgehead atoms. The quantitative estimate of drug-likeness (QED) is 0.562. The second-order valence-electron chi connectivity index (χ2n) is 6.56. The van der Waals surface area contributed by atoms with Crippen LogP contribution in [0.5, 0.6) is 5.75 Å². The van der Waals surface area contributed by atoms with Gasteiger partial charge in [0.1, 0.15) is 18.0 Å². The second kappa shape index (κ2) is 7.92. The minimum absolute atomic E-state index is 0.155. The highest BCUT2D eigenvalue weighted by atomic mass is 16.5. The van der Waals surface area contributed by atoms with E-state index in [4.69, 9.17) is 4.74 Å². The summed E-state index contributed by atoms with van der Waals surface area (Å²) in [4.78, 5) is 21.0. The van der Waals surface area contributed by atoms with Gasteiger partial charge in [-0.05, 0) is 48.4 Å². The molecule has 0 saturated heterocycles. The fraction of sp³-hybridized carbons (Fsp3) is 0.136. The molecule has 6 heteroatoms. The van der Waals surface area contributed by atoms with Gasteiger partial charge in [-0.25, -0.2) is 4.98 Å². The molecule has 4 aromatic rings. The first-order valence-corrected chi connectivity index (χ1v) is 9.01. The molecule has 1 N–H and O–H groups in total. The molecule has 0 fully saturated rings. The Labute approximate surface area is 162 Å². The van der Waals surface area contributed by atoms with Crippen LogP contribution in [0.1, 0.15) is 27.2 Å².